The van der Waals surface area contributed by atoms with Gasteiger partial charge in [0.2, 0.25) is 0 Å². The summed E-state index contributed by atoms with van der Waals surface area (Å²) in [6.07, 6.45) is -0.192. The Kier molecular flexibility index (Phi) is 2.87. The van der Waals surface area contributed by atoms with Crippen LogP contribution in [-0.4, -0.2) is 48.3 Å². The number of likely N-dealkylation sites (tertiary alicyclic amines) is 1. The Balaban J connectivity index is 2.34. The fraction of sp³-hybridized carbons (Fsp3) is 1.00. The molecule has 0 radical (unpaired) electrons. The Bertz CT molecular complexity index is 127. The fourth-order valence-corrected chi connectivity index (χ4v) is 1.57. The lowest BCUT2D eigenvalue weighted by Gasteiger charge is -2.18. The summed E-state index contributed by atoms with van der Waals surface area (Å²) < 4.78 is 0. The molecule has 0 unspecified atom stereocenters. The van der Waals surface area contributed by atoms with Crippen molar-refractivity contribution in [3.8, 4) is 0 Å². The molecule has 11 heavy (non-hydrogen) atoms. The highest BCUT2D eigenvalue weighted by atomic mass is 16.3. The van der Waals surface area contributed by atoms with Crippen LogP contribution in [0.3, 0.4) is 0 Å². The van der Waals surface area contributed by atoms with Gasteiger partial charge in [0.1, 0.15) is 0 Å². The number of aliphatic hydroxyl groups is 1. The third-order valence-corrected chi connectivity index (χ3v) is 2.02. The summed E-state index contributed by atoms with van der Waals surface area (Å²) in [7, 11) is 2.03. The zero-order valence-electron chi connectivity index (χ0n) is 7.54. The number of hydrogen-bond acceptors (Lipinski definition) is 3. The Hall–Kier alpha value is -0.120. The van der Waals surface area contributed by atoms with E-state index >= 15 is 0 Å². The summed E-state index contributed by atoms with van der Waals surface area (Å²) in [5.74, 6) is 0. The van der Waals surface area contributed by atoms with Gasteiger partial charge in [0.05, 0.1) is 6.10 Å². The second-order valence-corrected chi connectivity index (χ2v) is 3.72. The molecule has 0 aromatic heterocycles. The van der Waals surface area contributed by atoms with Crippen molar-refractivity contribution < 1.29 is 5.11 Å². The first kappa shape index (κ1) is 8.97. The van der Waals surface area contributed by atoms with E-state index in [0.29, 0.717) is 6.04 Å². The molecular weight excluding hydrogens is 140 g/mol. The molecule has 0 spiro atoms. The molecule has 66 valence electrons. The van der Waals surface area contributed by atoms with Gasteiger partial charge in [-0.3, -0.25) is 0 Å². The molecule has 0 aromatic rings. The molecule has 0 aliphatic carbocycles. The van der Waals surface area contributed by atoms with Crippen LogP contribution in [0.25, 0.3) is 0 Å². The van der Waals surface area contributed by atoms with E-state index in [-0.39, 0.29) is 12.1 Å². The van der Waals surface area contributed by atoms with Crippen molar-refractivity contribution in [2.45, 2.75) is 32.0 Å². The lowest BCUT2D eigenvalue weighted by molar-refractivity contribution is 0.153. The van der Waals surface area contributed by atoms with E-state index in [2.05, 4.69) is 24.1 Å². The van der Waals surface area contributed by atoms with Gasteiger partial charge in [-0.1, -0.05) is 13.8 Å². The molecule has 3 nitrogen and oxygen atoms in total. The highest BCUT2D eigenvalue weighted by molar-refractivity contribution is 4.88. The van der Waals surface area contributed by atoms with Gasteiger partial charge >= 0.3 is 0 Å². The van der Waals surface area contributed by atoms with Gasteiger partial charge in [-0.15, -0.1) is 0 Å². The number of likely N-dealkylation sites (N-methyl/N-ethyl adjacent to an activating group) is 1. The summed E-state index contributed by atoms with van der Waals surface area (Å²) in [5, 5.41) is 12.8. The zero-order valence-corrected chi connectivity index (χ0v) is 7.54. The van der Waals surface area contributed by atoms with E-state index in [1.165, 1.54) is 0 Å². The third kappa shape index (κ3) is 2.43. The molecule has 1 fully saturated rings. The zero-order chi connectivity index (χ0) is 8.43. The Morgan fingerprint density at radius 1 is 1.45 bits per heavy atom. The quantitative estimate of drug-likeness (QED) is 0.577. The molecule has 1 aliphatic rings. The minimum atomic E-state index is -0.192. The van der Waals surface area contributed by atoms with Crippen molar-refractivity contribution in [1.29, 1.82) is 0 Å². The normalized spacial score (nSPS) is 33.5. The van der Waals surface area contributed by atoms with Gasteiger partial charge in [0.25, 0.3) is 0 Å². The van der Waals surface area contributed by atoms with Crippen molar-refractivity contribution in [3.63, 3.8) is 0 Å². The summed E-state index contributed by atoms with van der Waals surface area (Å²) in [4.78, 5) is 2.14. The predicted molar refractivity (Wildman–Crippen MR) is 45.6 cm³/mol. The molecule has 2 N–H and O–H groups in total. The topological polar surface area (TPSA) is 35.5 Å². The fourth-order valence-electron chi connectivity index (χ4n) is 1.57. The summed E-state index contributed by atoms with van der Waals surface area (Å²) in [6.45, 7) is 5.96. The molecule has 0 bridgehead atoms. The van der Waals surface area contributed by atoms with Crippen molar-refractivity contribution in [2.24, 2.45) is 0 Å². The van der Waals surface area contributed by atoms with E-state index in [0.717, 1.165) is 13.1 Å². The van der Waals surface area contributed by atoms with Gasteiger partial charge < -0.3 is 15.3 Å². The largest absolute Gasteiger partial charge is 0.390 e. The summed E-state index contributed by atoms with van der Waals surface area (Å²) in [5.41, 5.74) is 0. The van der Waals surface area contributed by atoms with Gasteiger partial charge in [-0.05, 0) is 7.05 Å². The maximum Gasteiger partial charge on any atom is 0.0832 e. The minimum Gasteiger partial charge on any atom is -0.390 e. The second kappa shape index (κ2) is 3.52. The molecule has 0 amide bonds. The Morgan fingerprint density at radius 2 is 2.09 bits per heavy atom. The molecule has 1 heterocycles. The van der Waals surface area contributed by atoms with Crippen LogP contribution in [0.2, 0.25) is 0 Å². The van der Waals surface area contributed by atoms with Crippen molar-refractivity contribution in [3.05, 3.63) is 0 Å². The van der Waals surface area contributed by atoms with E-state index in [9.17, 15) is 5.11 Å². The van der Waals surface area contributed by atoms with Gasteiger partial charge in [-0.2, -0.15) is 0 Å². The maximum absolute atomic E-state index is 9.50. The van der Waals surface area contributed by atoms with Crippen molar-refractivity contribution >= 4 is 0 Å². The first-order valence-electron chi connectivity index (χ1n) is 4.22. The molecular formula is C8H18N2O. The highest BCUT2D eigenvalue weighted by Gasteiger charge is 2.28. The van der Waals surface area contributed by atoms with Crippen LogP contribution in [0.5, 0.6) is 0 Å². The Morgan fingerprint density at radius 3 is 2.45 bits per heavy atom. The van der Waals surface area contributed by atoms with Crippen LogP contribution >= 0.6 is 0 Å². The monoisotopic (exact) mass is 158 g/mol. The molecule has 2 atom stereocenters. The highest BCUT2D eigenvalue weighted by Crippen LogP contribution is 2.07. The number of rotatable bonds is 2. The first-order valence-corrected chi connectivity index (χ1v) is 4.22. The van der Waals surface area contributed by atoms with E-state index in [4.69, 9.17) is 0 Å². The van der Waals surface area contributed by atoms with Crippen LogP contribution in [0.4, 0.5) is 0 Å². The van der Waals surface area contributed by atoms with Crippen molar-refractivity contribution in [2.75, 3.05) is 20.1 Å². The average molecular weight is 158 g/mol. The number of nitrogens with zero attached hydrogens (tertiary/aromatic N) is 1. The molecule has 0 aromatic carbocycles. The predicted octanol–water partition coefficient (Wildman–Crippen LogP) is -0.341. The Labute approximate surface area is 68.4 Å². The van der Waals surface area contributed by atoms with Crippen molar-refractivity contribution in [1.82, 2.24) is 10.2 Å². The van der Waals surface area contributed by atoms with E-state index in [1.807, 2.05) is 7.05 Å². The first-order chi connectivity index (χ1) is 5.09. The molecule has 1 aliphatic heterocycles. The summed E-state index contributed by atoms with van der Waals surface area (Å²) >= 11 is 0. The van der Waals surface area contributed by atoms with Crippen LogP contribution in [-0.2, 0) is 0 Å². The average Bonchev–Trinajstić information content (AvgIpc) is 2.09. The molecule has 1 rings (SSSR count). The lowest BCUT2D eigenvalue weighted by Crippen LogP contribution is -2.42. The SMILES string of the molecule is CC(C)N[C@H]1CN(C)C[C@H]1O. The number of β-amino-alcohol motifs (C(OH)–C–C–N with tert-alkyl or cyclic N) is 1. The smallest absolute Gasteiger partial charge is 0.0832 e. The van der Waals surface area contributed by atoms with Crippen LogP contribution in [0, 0.1) is 0 Å². The number of nitrogens with one attached hydrogen (secondary N) is 1. The van der Waals surface area contributed by atoms with Crippen LogP contribution in [0.15, 0.2) is 0 Å². The van der Waals surface area contributed by atoms with E-state index < -0.39 is 0 Å². The standard InChI is InChI=1S/C8H18N2O/c1-6(2)9-7-4-10(3)5-8(7)11/h6-9,11H,4-5H2,1-3H3/t7-,8+/m0/s1. The molecule has 3 heteroatoms. The summed E-state index contributed by atoms with van der Waals surface area (Å²) in [6, 6.07) is 0.723. The number of hydrogen-bond donors (Lipinski definition) is 2. The lowest BCUT2D eigenvalue weighted by atomic mass is 10.2. The third-order valence-electron chi connectivity index (χ3n) is 2.02. The van der Waals surface area contributed by atoms with E-state index in [1.54, 1.807) is 0 Å². The van der Waals surface area contributed by atoms with Crippen LogP contribution < -0.4 is 5.32 Å². The van der Waals surface area contributed by atoms with Crippen LogP contribution in [0.1, 0.15) is 13.8 Å². The van der Waals surface area contributed by atoms with Gasteiger partial charge in [0, 0.05) is 25.2 Å². The molecule has 1 saturated heterocycles. The minimum absolute atomic E-state index is 0.192. The van der Waals surface area contributed by atoms with Gasteiger partial charge in [0.15, 0.2) is 0 Å². The van der Waals surface area contributed by atoms with Gasteiger partial charge in [-0.25, -0.2) is 0 Å². The number of aliphatic hydroxyl groups excluding tert-OH is 1. The second-order valence-electron chi connectivity index (χ2n) is 3.72. The maximum atomic E-state index is 9.50. The molecule has 0 saturated carbocycles.